The Kier molecular flexibility index (Phi) is 55.5. The largest absolute Gasteiger partial charge is 0.466 e. The van der Waals surface area contributed by atoms with Gasteiger partial charge in [0.1, 0.15) is 0 Å². The van der Waals surface area contributed by atoms with Gasteiger partial charge in [-0.3, -0.25) is 9.59 Å². The molecule has 0 aromatic carbocycles. The van der Waals surface area contributed by atoms with E-state index >= 15 is 0 Å². The molecule has 0 aromatic heterocycles. The predicted octanol–water partition coefficient (Wildman–Crippen LogP) is 18.6. The lowest BCUT2D eigenvalue weighted by Gasteiger charge is -2.22. The van der Waals surface area contributed by atoms with Crippen molar-refractivity contribution in [3.05, 3.63) is 24.3 Å². The molecular weight excluding hydrogens is 827 g/mol. The van der Waals surface area contributed by atoms with Crippen molar-refractivity contribution in [2.45, 2.75) is 341 Å². The standard InChI is InChI=1S/C61H117NO5/c1-3-5-7-9-11-13-15-34-37-41-45-49-53-59(64)58(57-63)62-60(65)54-50-46-42-38-35-31-29-27-25-23-21-19-17-16-18-20-22-24-26-28-30-32-36-40-44-48-52-56-67-61(66)55-51-47-43-39-33-14-12-10-8-6-4-2/h10,12,16-17,58-59,63-64H,3-9,11,13-15,18-57H2,1-2H3,(H,62,65)/b12-10-,17-16-. The lowest BCUT2D eigenvalue weighted by atomic mass is 10.0. The first kappa shape index (κ1) is 65.3. The Morgan fingerprint density at radius 2 is 0.716 bits per heavy atom. The van der Waals surface area contributed by atoms with E-state index < -0.39 is 12.1 Å². The van der Waals surface area contributed by atoms with E-state index in [1.165, 1.54) is 250 Å². The molecule has 396 valence electrons. The molecule has 67 heavy (non-hydrogen) atoms. The summed E-state index contributed by atoms with van der Waals surface area (Å²) < 4.78 is 5.46. The van der Waals surface area contributed by atoms with E-state index in [2.05, 4.69) is 43.5 Å². The number of amides is 1. The molecule has 0 fully saturated rings. The van der Waals surface area contributed by atoms with Gasteiger partial charge < -0.3 is 20.3 Å². The van der Waals surface area contributed by atoms with Crippen LogP contribution < -0.4 is 5.32 Å². The number of hydrogen-bond donors (Lipinski definition) is 3. The fraction of sp³-hybridized carbons (Fsp3) is 0.902. The Hall–Kier alpha value is -1.66. The van der Waals surface area contributed by atoms with E-state index in [-0.39, 0.29) is 18.5 Å². The number of esters is 1. The average molecular weight is 945 g/mol. The number of carbonyl (C=O) groups is 2. The second-order valence-electron chi connectivity index (χ2n) is 20.7. The summed E-state index contributed by atoms with van der Waals surface area (Å²) in [5.41, 5.74) is 0. The Balaban J connectivity index is 3.37. The number of ether oxygens (including phenoxy) is 1. The zero-order valence-corrected chi connectivity index (χ0v) is 45.1. The second-order valence-corrected chi connectivity index (χ2v) is 20.7. The number of carbonyl (C=O) groups excluding carboxylic acids is 2. The van der Waals surface area contributed by atoms with Crippen molar-refractivity contribution in [1.29, 1.82) is 0 Å². The van der Waals surface area contributed by atoms with Crippen molar-refractivity contribution in [3.8, 4) is 0 Å². The first-order chi connectivity index (χ1) is 33.0. The van der Waals surface area contributed by atoms with Crippen molar-refractivity contribution >= 4 is 11.9 Å². The van der Waals surface area contributed by atoms with Crippen molar-refractivity contribution in [2.75, 3.05) is 13.2 Å². The van der Waals surface area contributed by atoms with Gasteiger partial charge in [0.15, 0.2) is 0 Å². The molecule has 0 aliphatic carbocycles. The van der Waals surface area contributed by atoms with E-state index in [1.807, 2.05) is 0 Å². The van der Waals surface area contributed by atoms with Gasteiger partial charge in [-0.15, -0.1) is 0 Å². The van der Waals surface area contributed by atoms with E-state index in [0.717, 1.165) is 44.9 Å². The molecule has 0 bridgehead atoms. The quantitative estimate of drug-likeness (QED) is 0.0321. The molecule has 0 spiro atoms. The normalized spacial score (nSPS) is 12.7. The van der Waals surface area contributed by atoms with Crippen LogP contribution in [0, 0.1) is 0 Å². The van der Waals surface area contributed by atoms with Gasteiger partial charge in [-0.05, 0) is 70.6 Å². The number of hydrogen-bond acceptors (Lipinski definition) is 5. The zero-order chi connectivity index (χ0) is 48.6. The van der Waals surface area contributed by atoms with Crippen LogP contribution in [-0.2, 0) is 14.3 Å². The lowest BCUT2D eigenvalue weighted by molar-refractivity contribution is -0.143. The van der Waals surface area contributed by atoms with Crippen LogP contribution in [0.3, 0.4) is 0 Å². The van der Waals surface area contributed by atoms with E-state index in [1.54, 1.807) is 0 Å². The first-order valence-electron chi connectivity index (χ1n) is 30.1. The van der Waals surface area contributed by atoms with Crippen molar-refractivity contribution in [1.82, 2.24) is 5.32 Å². The van der Waals surface area contributed by atoms with Crippen molar-refractivity contribution in [2.24, 2.45) is 0 Å². The maximum atomic E-state index is 12.5. The lowest BCUT2D eigenvalue weighted by Crippen LogP contribution is -2.45. The third-order valence-corrected chi connectivity index (χ3v) is 14.0. The number of aliphatic hydroxyl groups excluding tert-OH is 2. The second kappa shape index (κ2) is 56.9. The number of aliphatic hydroxyl groups is 2. The number of unbranched alkanes of at least 4 members (excludes halogenated alkanes) is 41. The molecule has 0 radical (unpaired) electrons. The smallest absolute Gasteiger partial charge is 0.305 e. The minimum Gasteiger partial charge on any atom is -0.466 e. The van der Waals surface area contributed by atoms with E-state index in [0.29, 0.717) is 25.9 Å². The molecule has 0 rings (SSSR count). The summed E-state index contributed by atoms with van der Waals surface area (Å²) in [4.78, 5) is 24.4. The molecule has 2 unspecified atom stereocenters. The average Bonchev–Trinajstić information content (AvgIpc) is 3.33. The van der Waals surface area contributed by atoms with E-state index in [4.69, 9.17) is 4.74 Å². The monoisotopic (exact) mass is 944 g/mol. The Bertz CT molecular complexity index is 1040. The summed E-state index contributed by atoms with van der Waals surface area (Å²) in [5.74, 6) is -0.0314. The highest BCUT2D eigenvalue weighted by atomic mass is 16.5. The van der Waals surface area contributed by atoms with Crippen LogP contribution in [0.1, 0.15) is 328 Å². The van der Waals surface area contributed by atoms with Crippen LogP contribution in [0.25, 0.3) is 0 Å². The summed E-state index contributed by atoms with van der Waals surface area (Å²) in [6.07, 6.45) is 69.0. The summed E-state index contributed by atoms with van der Waals surface area (Å²) in [7, 11) is 0. The zero-order valence-electron chi connectivity index (χ0n) is 45.1. The molecule has 6 heteroatoms. The van der Waals surface area contributed by atoms with Gasteiger partial charge in [0.2, 0.25) is 5.91 Å². The summed E-state index contributed by atoms with van der Waals surface area (Å²) in [6, 6.07) is -0.540. The fourth-order valence-corrected chi connectivity index (χ4v) is 9.32. The topological polar surface area (TPSA) is 95.9 Å². The Labute approximate surface area is 418 Å². The van der Waals surface area contributed by atoms with Gasteiger partial charge in [-0.2, -0.15) is 0 Å². The summed E-state index contributed by atoms with van der Waals surface area (Å²) in [5, 5.41) is 23.2. The Morgan fingerprint density at radius 1 is 0.403 bits per heavy atom. The Morgan fingerprint density at radius 3 is 1.10 bits per heavy atom. The van der Waals surface area contributed by atoms with Gasteiger partial charge in [0.25, 0.3) is 0 Å². The highest BCUT2D eigenvalue weighted by Crippen LogP contribution is 2.17. The predicted molar refractivity (Wildman–Crippen MR) is 292 cm³/mol. The number of allylic oxidation sites excluding steroid dienone is 4. The number of nitrogens with one attached hydrogen (secondary N) is 1. The van der Waals surface area contributed by atoms with Crippen LogP contribution in [0.5, 0.6) is 0 Å². The van der Waals surface area contributed by atoms with Crippen LogP contribution in [0.15, 0.2) is 24.3 Å². The van der Waals surface area contributed by atoms with Gasteiger partial charge in [0.05, 0.1) is 25.4 Å². The van der Waals surface area contributed by atoms with Crippen molar-refractivity contribution in [3.63, 3.8) is 0 Å². The minimum absolute atomic E-state index is 0.00400. The number of rotatable bonds is 56. The summed E-state index contributed by atoms with van der Waals surface area (Å²) in [6.45, 7) is 4.92. The van der Waals surface area contributed by atoms with E-state index in [9.17, 15) is 19.8 Å². The van der Waals surface area contributed by atoms with Gasteiger partial charge >= 0.3 is 5.97 Å². The molecule has 0 heterocycles. The molecule has 6 nitrogen and oxygen atoms in total. The van der Waals surface area contributed by atoms with Crippen LogP contribution in [0.2, 0.25) is 0 Å². The van der Waals surface area contributed by atoms with Gasteiger partial charge in [-0.25, -0.2) is 0 Å². The van der Waals surface area contributed by atoms with Gasteiger partial charge in [-0.1, -0.05) is 269 Å². The fourth-order valence-electron chi connectivity index (χ4n) is 9.32. The molecule has 0 saturated heterocycles. The highest BCUT2D eigenvalue weighted by molar-refractivity contribution is 5.76. The molecule has 0 aromatic rings. The van der Waals surface area contributed by atoms with Gasteiger partial charge in [0, 0.05) is 12.8 Å². The molecule has 1 amide bonds. The molecular formula is C61H117NO5. The van der Waals surface area contributed by atoms with Crippen LogP contribution in [0.4, 0.5) is 0 Å². The van der Waals surface area contributed by atoms with Crippen LogP contribution in [-0.4, -0.2) is 47.4 Å². The molecule has 0 saturated carbocycles. The third-order valence-electron chi connectivity index (χ3n) is 14.0. The first-order valence-corrected chi connectivity index (χ1v) is 30.1. The third kappa shape index (κ3) is 53.5. The minimum atomic E-state index is -0.663. The molecule has 0 aliphatic rings. The maximum Gasteiger partial charge on any atom is 0.305 e. The van der Waals surface area contributed by atoms with Crippen LogP contribution >= 0.6 is 0 Å². The summed E-state index contributed by atoms with van der Waals surface area (Å²) >= 11 is 0. The SMILES string of the molecule is CCCC/C=C\CCCCCCCC(=O)OCCCCCCCCCCCCCC/C=C\CCCCCCCCCCCCCC(=O)NC(CO)C(O)CCCCCCCCCCCCCC. The van der Waals surface area contributed by atoms with Crippen molar-refractivity contribution < 1.29 is 24.5 Å². The molecule has 2 atom stereocenters. The highest BCUT2D eigenvalue weighted by Gasteiger charge is 2.20. The maximum absolute atomic E-state index is 12.5. The molecule has 0 aliphatic heterocycles. The molecule has 3 N–H and O–H groups in total.